The Morgan fingerprint density at radius 2 is 2.09 bits per heavy atom. The molecule has 0 aromatic heterocycles. The summed E-state index contributed by atoms with van der Waals surface area (Å²) in [6.07, 6.45) is 0.722. The molecule has 0 bridgehead atoms. The number of hydrogen-bond donors (Lipinski definition) is 2. The quantitative estimate of drug-likeness (QED) is 0.833. The van der Waals surface area contributed by atoms with Crippen LogP contribution in [0.3, 0.4) is 0 Å². The maximum Gasteiger partial charge on any atom is 0.446 e. The summed E-state index contributed by atoms with van der Waals surface area (Å²) in [5.74, 6) is -0.535. The maximum atomic E-state index is 12.5. The van der Waals surface area contributed by atoms with Crippen LogP contribution in [0.2, 0.25) is 0 Å². The number of nitrogens with one attached hydrogen (secondary N) is 2. The molecule has 1 aromatic rings. The summed E-state index contributed by atoms with van der Waals surface area (Å²) < 4.78 is 37.4. The van der Waals surface area contributed by atoms with Crippen LogP contribution >= 0.6 is 11.8 Å². The molecule has 0 radical (unpaired) electrons. The molecule has 0 saturated carbocycles. The predicted molar refractivity (Wildman–Crippen MR) is 76.6 cm³/mol. The van der Waals surface area contributed by atoms with Crippen LogP contribution in [0.5, 0.6) is 0 Å². The second kappa shape index (κ2) is 6.91. The summed E-state index contributed by atoms with van der Waals surface area (Å²) in [5, 5.41) is 5.02. The third-order valence-corrected chi connectivity index (χ3v) is 3.70. The SMILES string of the molecule is O=C(CN1CCCNC1=O)Nc1ccccc1SC(F)(F)F. The number of carbonyl (C=O) groups excluding carboxylic acids is 2. The zero-order chi connectivity index (χ0) is 16.2. The number of alkyl halides is 3. The van der Waals surface area contributed by atoms with Gasteiger partial charge in [-0.15, -0.1) is 0 Å². The molecule has 22 heavy (non-hydrogen) atoms. The molecule has 9 heteroatoms. The van der Waals surface area contributed by atoms with Gasteiger partial charge in [0.2, 0.25) is 5.91 Å². The van der Waals surface area contributed by atoms with Gasteiger partial charge in [0.15, 0.2) is 0 Å². The molecule has 0 atom stereocenters. The average molecular weight is 333 g/mol. The van der Waals surface area contributed by atoms with Crippen molar-refractivity contribution in [2.75, 3.05) is 25.0 Å². The van der Waals surface area contributed by atoms with Gasteiger partial charge in [0.1, 0.15) is 6.54 Å². The summed E-state index contributed by atoms with van der Waals surface area (Å²) in [5.41, 5.74) is -4.36. The van der Waals surface area contributed by atoms with Gasteiger partial charge < -0.3 is 15.5 Å². The van der Waals surface area contributed by atoms with E-state index in [-0.39, 0.29) is 34.9 Å². The normalized spacial score (nSPS) is 15.4. The number of thioether (sulfide) groups is 1. The first kappa shape index (κ1) is 16.5. The summed E-state index contributed by atoms with van der Waals surface area (Å²) in [6.45, 7) is 0.803. The largest absolute Gasteiger partial charge is 0.446 e. The highest BCUT2D eigenvalue weighted by Crippen LogP contribution is 2.40. The fraction of sp³-hybridized carbons (Fsp3) is 0.385. The van der Waals surface area contributed by atoms with E-state index in [1.54, 1.807) is 0 Å². The number of hydrogen-bond acceptors (Lipinski definition) is 3. The number of nitrogens with zero attached hydrogens (tertiary/aromatic N) is 1. The average Bonchev–Trinajstić information content (AvgIpc) is 2.42. The van der Waals surface area contributed by atoms with E-state index in [0.29, 0.717) is 13.1 Å². The van der Waals surface area contributed by atoms with Crippen LogP contribution in [0.15, 0.2) is 29.2 Å². The first-order valence-corrected chi connectivity index (χ1v) is 7.34. The molecular weight excluding hydrogens is 319 g/mol. The Kier molecular flexibility index (Phi) is 5.17. The first-order chi connectivity index (χ1) is 10.3. The van der Waals surface area contributed by atoms with Gasteiger partial charge in [0.05, 0.1) is 5.69 Å². The highest BCUT2D eigenvalue weighted by molar-refractivity contribution is 8.00. The van der Waals surface area contributed by atoms with Crippen molar-refractivity contribution in [1.29, 1.82) is 0 Å². The van der Waals surface area contributed by atoms with Gasteiger partial charge in [0, 0.05) is 18.0 Å². The molecule has 0 unspecified atom stereocenters. The summed E-state index contributed by atoms with van der Waals surface area (Å²) in [6, 6.07) is 5.31. The van der Waals surface area contributed by atoms with Crippen molar-refractivity contribution in [2.24, 2.45) is 0 Å². The highest BCUT2D eigenvalue weighted by atomic mass is 32.2. The Bertz CT molecular complexity index is 566. The Balaban J connectivity index is 2.00. The van der Waals surface area contributed by atoms with Gasteiger partial charge in [-0.1, -0.05) is 12.1 Å². The Hall–Kier alpha value is -1.90. The fourth-order valence-electron chi connectivity index (χ4n) is 1.98. The van der Waals surface area contributed by atoms with E-state index in [2.05, 4.69) is 10.6 Å². The van der Waals surface area contributed by atoms with Crippen molar-refractivity contribution in [3.8, 4) is 0 Å². The molecule has 1 aliphatic rings. The summed E-state index contributed by atoms with van der Waals surface area (Å²) in [4.78, 5) is 24.7. The minimum atomic E-state index is -4.44. The van der Waals surface area contributed by atoms with Gasteiger partial charge in [-0.3, -0.25) is 4.79 Å². The Morgan fingerprint density at radius 1 is 1.36 bits per heavy atom. The number of amides is 3. The molecule has 1 aliphatic heterocycles. The molecule has 120 valence electrons. The van der Waals surface area contributed by atoms with E-state index >= 15 is 0 Å². The van der Waals surface area contributed by atoms with E-state index in [1.807, 2.05) is 0 Å². The highest BCUT2D eigenvalue weighted by Gasteiger charge is 2.30. The van der Waals surface area contributed by atoms with Gasteiger partial charge in [-0.2, -0.15) is 13.2 Å². The number of urea groups is 1. The molecule has 1 saturated heterocycles. The lowest BCUT2D eigenvalue weighted by atomic mass is 10.3. The smallest absolute Gasteiger partial charge is 0.338 e. The number of halogens is 3. The van der Waals surface area contributed by atoms with E-state index < -0.39 is 11.4 Å². The molecule has 0 aliphatic carbocycles. The summed E-state index contributed by atoms with van der Waals surface area (Å²) >= 11 is -0.292. The maximum absolute atomic E-state index is 12.5. The van der Waals surface area contributed by atoms with Crippen molar-refractivity contribution in [1.82, 2.24) is 10.2 Å². The van der Waals surface area contributed by atoms with E-state index in [9.17, 15) is 22.8 Å². The zero-order valence-corrected chi connectivity index (χ0v) is 12.3. The number of para-hydroxylation sites is 1. The lowest BCUT2D eigenvalue weighted by molar-refractivity contribution is -0.116. The lowest BCUT2D eigenvalue weighted by Crippen LogP contribution is -2.49. The molecule has 1 aromatic carbocycles. The van der Waals surface area contributed by atoms with Crippen molar-refractivity contribution in [3.05, 3.63) is 24.3 Å². The van der Waals surface area contributed by atoms with Crippen LogP contribution in [0.1, 0.15) is 6.42 Å². The van der Waals surface area contributed by atoms with Gasteiger partial charge in [-0.25, -0.2) is 4.79 Å². The molecule has 1 heterocycles. The van der Waals surface area contributed by atoms with Crippen molar-refractivity contribution < 1.29 is 22.8 Å². The lowest BCUT2D eigenvalue weighted by Gasteiger charge is -2.26. The van der Waals surface area contributed by atoms with Crippen molar-refractivity contribution >= 4 is 29.4 Å². The second-order valence-electron chi connectivity index (χ2n) is 4.60. The Morgan fingerprint density at radius 3 is 2.77 bits per heavy atom. The van der Waals surface area contributed by atoms with E-state index in [4.69, 9.17) is 0 Å². The fourth-order valence-corrected chi connectivity index (χ4v) is 2.60. The molecule has 2 N–H and O–H groups in total. The standard InChI is InChI=1S/C13H14F3N3O2S/c14-13(15,16)22-10-5-2-1-4-9(10)18-11(20)8-19-7-3-6-17-12(19)21/h1-2,4-5H,3,6-8H2,(H,17,21)(H,18,20). The van der Waals surface area contributed by atoms with Crippen LogP contribution in [0.25, 0.3) is 0 Å². The number of rotatable bonds is 4. The summed E-state index contributed by atoms with van der Waals surface area (Å²) in [7, 11) is 0. The van der Waals surface area contributed by atoms with Crippen LogP contribution in [-0.4, -0.2) is 42.0 Å². The molecule has 3 amide bonds. The monoisotopic (exact) mass is 333 g/mol. The number of carbonyl (C=O) groups is 2. The van der Waals surface area contributed by atoms with Crippen molar-refractivity contribution in [2.45, 2.75) is 16.8 Å². The molecule has 0 spiro atoms. The van der Waals surface area contributed by atoms with Gasteiger partial charge >= 0.3 is 11.5 Å². The van der Waals surface area contributed by atoms with E-state index in [1.165, 1.54) is 29.2 Å². The minimum absolute atomic E-state index is 0.0762. The van der Waals surface area contributed by atoms with Crippen molar-refractivity contribution in [3.63, 3.8) is 0 Å². The van der Waals surface area contributed by atoms with Crippen LogP contribution in [-0.2, 0) is 4.79 Å². The zero-order valence-electron chi connectivity index (χ0n) is 11.4. The number of anilines is 1. The van der Waals surface area contributed by atoms with E-state index in [0.717, 1.165) is 6.42 Å². The van der Waals surface area contributed by atoms with Gasteiger partial charge in [0.25, 0.3) is 0 Å². The molecule has 2 rings (SSSR count). The topological polar surface area (TPSA) is 61.4 Å². The second-order valence-corrected chi connectivity index (χ2v) is 5.71. The van der Waals surface area contributed by atoms with Crippen LogP contribution in [0.4, 0.5) is 23.7 Å². The predicted octanol–water partition coefficient (Wildman–Crippen LogP) is 2.65. The molecule has 5 nitrogen and oxygen atoms in total. The number of benzene rings is 1. The van der Waals surface area contributed by atoms with Gasteiger partial charge in [-0.05, 0) is 30.3 Å². The van der Waals surface area contributed by atoms with Crippen LogP contribution < -0.4 is 10.6 Å². The minimum Gasteiger partial charge on any atom is -0.338 e. The molecular formula is C13H14F3N3O2S. The van der Waals surface area contributed by atoms with Crippen LogP contribution in [0, 0.1) is 0 Å². The third kappa shape index (κ3) is 4.83. The molecule has 1 fully saturated rings. The first-order valence-electron chi connectivity index (χ1n) is 6.52. The Labute approximate surface area is 129 Å². The third-order valence-electron chi connectivity index (χ3n) is 2.89.